The minimum Gasteiger partial charge on any atom is -0.376 e. The lowest BCUT2D eigenvalue weighted by atomic mass is 9.95. The van der Waals surface area contributed by atoms with Gasteiger partial charge in [0, 0.05) is 0 Å². The van der Waals surface area contributed by atoms with Crippen LogP contribution < -0.4 is 0 Å². The summed E-state index contributed by atoms with van der Waals surface area (Å²) < 4.78 is 5.56. The van der Waals surface area contributed by atoms with Crippen molar-refractivity contribution in [1.82, 2.24) is 0 Å². The zero-order valence-electron chi connectivity index (χ0n) is 6.55. The Morgan fingerprint density at radius 2 is 1.44 bits per heavy atom. The maximum absolute atomic E-state index is 5.56. The fraction of sp³-hybridized carbons (Fsp3) is 1.00. The quantitative estimate of drug-likeness (QED) is 0.486. The van der Waals surface area contributed by atoms with Crippen LogP contribution in [0.5, 0.6) is 0 Å². The summed E-state index contributed by atoms with van der Waals surface area (Å²) in [4.78, 5) is 0. The van der Waals surface area contributed by atoms with Gasteiger partial charge in [0.1, 0.15) is 0 Å². The van der Waals surface area contributed by atoms with Gasteiger partial charge in [0.05, 0.1) is 12.2 Å². The van der Waals surface area contributed by atoms with E-state index in [0.717, 1.165) is 5.92 Å². The van der Waals surface area contributed by atoms with Crippen molar-refractivity contribution in [3.05, 3.63) is 0 Å². The molecule has 0 saturated carbocycles. The van der Waals surface area contributed by atoms with Gasteiger partial charge in [-0.15, -0.1) is 0 Å². The highest BCUT2D eigenvalue weighted by Gasteiger charge is 2.20. The Morgan fingerprint density at radius 3 is 1.78 bits per heavy atom. The summed E-state index contributed by atoms with van der Waals surface area (Å²) in [5, 5.41) is 0. The van der Waals surface area contributed by atoms with E-state index in [4.69, 9.17) is 4.74 Å². The third kappa shape index (κ3) is 1.98. The van der Waals surface area contributed by atoms with Crippen LogP contribution in [0.15, 0.2) is 0 Å². The van der Waals surface area contributed by atoms with Crippen LogP contribution in [-0.2, 0) is 4.74 Å². The van der Waals surface area contributed by atoms with Crippen LogP contribution in [0.4, 0.5) is 0 Å². The summed E-state index contributed by atoms with van der Waals surface area (Å²) in [6, 6.07) is 0. The summed E-state index contributed by atoms with van der Waals surface area (Å²) in [5.74, 6) is 0.865. The first-order chi connectivity index (χ1) is 4.18. The van der Waals surface area contributed by atoms with E-state index in [1.54, 1.807) is 0 Å². The van der Waals surface area contributed by atoms with Crippen LogP contribution in [0.1, 0.15) is 33.6 Å². The van der Waals surface area contributed by atoms with Gasteiger partial charge in [-0.1, -0.05) is 6.92 Å². The van der Waals surface area contributed by atoms with Gasteiger partial charge in [0.15, 0.2) is 0 Å². The van der Waals surface area contributed by atoms with Crippen molar-refractivity contribution >= 4 is 0 Å². The van der Waals surface area contributed by atoms with E-state index < -0.39 is 0 Å². The van der Waals surface area contributed by atoms with Crippen molar-refractivity contribution in [3.8, 4) is 0 Å². The molecular formula is C8H16O. The van der Waals surface area contributed by atoms with Crippen molar-refractivity contribution < 1.29 is 4.74 Å². The average molecular weight is 128 g/mol. The number of ether oxygens (including phenoxy) is 1. The molecule has 1 nitrogen and oxygen atoms in total. The number of rotatable bonds is 0. The summed E-state index contributed by atoms with van der Waals surface area (Å²) in [7, 11) is 0. The van der Waals surface area contributed by atoms with E-state index in [0.29, 0.717) is 12.2 Å². The second kappa shape index (κ2) is 2.70. The molecule has 0 bridgehead atoms. The van der Waals surface area contributed by atoms with Crippen molar-refractivity contribution in [2.45, 2.75) is 45.8 Å². The lowest BCUT2D eigenvalue weighted by Gasteiger charge is -2.29. The van der Waals surface area contributed by atoms with Gasteiger partial charge in [-0.2, -0.15) is 0 Å². The maximum Gasteiger partial charge on any atom is 0.0553 e. The van der Waals surface area contributed by atoms with Gasteiger partial charge in [-0.05, 0) is 32.6 Å². The topological polar surface area (TPSA) is 9.23 Å². The van der Waals surface area contributed by atoms with E-state index >= 15 is 0 Å². The number of hydrogen-bond donors (Lipinski definition) is 0. The molecule has 1 heterocycles. The summed E-state index contributed by atoms with van der Waals surface area (Å²) in [5.41, 5.74) is 0. The molecule has 0 spiro atoms. The Kier molecular flexibility index (Phi) is 2.12. The van der Waals surface area contributed by atoms with E-state index in [9.17, 15) is 0 Å². The third-order valence-corrected chi connectivity index (χ3v) is 1.93. The zero-order chi connectivity index (χ0) is 6.85. The maximum atomic E-state index is 5.56. The minimum atomic E-state index is 0.490. The van der Waals surface area contributed by atoms with Gasteiger partial charge in [0.25, 0.3) is 0 Å². The lowest BCUT2D eigenvalue weighted by molar-refractivity contribution is -0.0485. The normalized spacial score (nSPS) is 45.0. The Bertz CT molecular complexity index is 65.5. The molecule has 1 saturated heterocycles. The van der Waals surface area contributed by atoms with E-state index in [-0.39, 0.29) is 0 Å². The fourth-order valence-corrected chi connectivity index (χ4v) is 1.74. The molecule has 0 radical (unpaired) electrons. The van der Waals surface area contributed by atoms with Crippen LogP contribution in [0.3, 0.4) is 0 Å². The van der Waals surface area contributed by atoms with E-state index in [2.05, 4.69) is 20.8 Å². The number of hydrogen-bond acceptors (Lipinski definition) is 1. The summed E-state index contributed by atoms with van der Waals surface area (Å²) in [6.45, 7) is 6.62. The molecule has 1 heteroatoms. The predicted octanol–water partition coefficient (Wildman–Crippen LogP) is 2.21. The SMILES string of the molecule is CC1C[C@@H](C)O[C@@H](C)C1. The highest BCUT2D eigenvalue weighted by atomic mass is 16.5. The van der Waals surface area contributed by atoms with Crippen molar-refractivity contribution in [2.75, 3.05) is 0 Å². The molecule has 1 aliphatic heterocycles. The monoisotopic (exact) mass is 128 g/mol. The molecule has 1 aliphatic rings. The fourth-order valence-electron chi connectivity index (χ4n) is 1.74. The second-order valence-electron chi connectivity index (χ2n) is 3.33. The first kappa shape index (κ1) is 7.07. The molecule has 0 aliphatic carbocycles. The zero-order valence-corrected chi connectivity index (χ0v) is 6.55. The Balaban J connectivity index is 2.34. The predicted molar refractivity (Wildman–Crippen MR) is 38.4 cm³/mol. The standard InChI is InChI=1S/C8H16O/c1-6-4-7(2)9-8(3)5-6/h6-8H,4-5H2,1-3H3/t6?,7-,8+. The van der Waals surface area contributed by atoms with E-state index in [1.807, 2.05) is 0 Å². The Morgan fingerprint density at radius 1 is 1.00 bits per heavy atom. The molecule has 3 atom stereocenters. The van der Waals surface area contributed by atoms with Crippen LogP contribution in [-0.4, -0.2) is 12.2 Å². The highest BCUT2D eigenvalue weighted by Crippen LogP contribution is 2.23. The Labute approximate surface area is 57.4 Å². The molecule has 0 amide bonds. The largest absolute Gasteiger partial charge is 0.376 e. The first-order valence-electron chi connectivity index (χ1n) is 3.84. The molecular weight excluding hydrogens is 112 g/mol. The molecule has 9 heavy (non-hydrogen) atoms. The van der Waals surface area contributed by atoms with Crippen LogP contribution in [0.25, 0.3) is 0 Å². The van der Waals surface area contributed by atoms with Gasteiger partial charge in [-0.3, -0.25) is 0 Å². The summed E-state index contributed by atoms with van der Waals surface area (Å²) >= 11 is 0. The molecule has 0 aromatic carbocycles. The van der Waals surface area contributed by atoms with Crippen molar-refractivity contribution in [1.29, 1.82) is 0 Å². The van der Waals surface area contributed by atoms with Crippen molar-refractivity contribution in [2.24, 2.45) is 5.92 Å². The first-order valence-corrected chi connectivity index (χ1v) is 3.84. The van der Waals surface area contributed by atoms with Gasteiger partial charge in [0.2, 0.25) is 0 Å². The molecule has 0 aromatic rings. The summed E-state index contributed by atoms with van der Waals surface area (Å²) in [6.07, 6.45) is 3.46. The van der Waals surface area contributed by atoms with E-state index in [1.165, 1.54) is 12.8 Å². The molecule has 54 valence electrons. The third-order valence-electron chi connectivity index (χ3n) is 1.93. The molecule has 1 fully saturated rings. The van der Waals surface area contributed by atoms with Crippen LogP contribution in [0, 0.1) is 5.92 Å². The molecule has 1 unspecified atom stereocenters. The highest BCUT2D eigenvalue weighted by molar-refractivity contribution is 4.69. The molecule has 0 aromatic heterocycles. The second-order valence-corrected chi connectivity index (χ2v) is 3.33. The van der Waals surface area contributed by atoms with Crippen LogP contribution >= 0.6 is 0 Å². The molecule has 1 rings (SSSR count). The van der Waals surface area contributed by atoms with Gasteiger partial charge in [-0.25, -0.2) is 0 Å². The van der Waals surface area contributed by atoms with Crippen LogP contribution in [0.2, 0.25) is 0 Å². The lowest BCUT2D eigenvalue weighted by Crippen LogP contribution is -2.27. The smallest absolute Gasteiger partial charge is 0.0553 e. The van der Waals surface area contributed by atoms with Gasteiger partial charge >= 0.3 is 0 Å². The minimum absolute atomic E-state index is 0.490. The Hall–Kier alpha value is -0.0400. The van der Waals surface area contributed by atoms with Gasteiger partial charge < -0.3 is 4.74 Å². The molecule has 0 N–H and O–H groups in total. The average Bonchev–Trinajstić information content (AvgIpc) is 1.59. The van der Waals surface area contributed by atoms with Crippen molar-refractivity contribution in [3.63, 3.8) is 0 Å².